The van der Waals surface area contributed by atoms with Crippen LogP contribution >= 0.6 is 0 Å². The minimum atomic E-state index is -1.84. The summed E-state index contributed by atoms with van der Waals surface area (Å²) in [5.74, 6) is -0.558. The number of hydrogen-bond donors (Lipinski definition) is 2. The van der Waals surface area contributed by atoms with Crippen molar-refractivity contribution >= 4 is 28.7 Å². The van der Waals surface area contributed by atoms with Gasteiger partial charge in [-0.3, -0.25) is 9.59 Å². The Morgan fingerprint density at radius 3 is 2.32 bits per heavy atom. The third kappa shape index (κ3) is 4.92. The number of benzene rings is 3. The van der Waals surface area contributed by atoms with E-state index in [0.29, 0.717) is 24.1 Å². The molecule has 0 aliphatic carbocycles. The highest BCUT2D eigenvalue weighted by Gasteiger charge is 2.28. The van der Waals surface area contributed by atoms with E-state index < -0.39 is 22.5 Å². The number of methoxy groups -OCH3 is 1. The number of para-hydroxylation sites is 1. The van der Waals surface area contributed by atoms with Gasteiger partial charge in [0.25, 0.3) is 11.8 Å². The Morgan fingerprint density at radius 2 is 1.62 bits per heavy atom. The van der Waals surface area contributed by atoms with Crippen molar-refractivity contribution < 1.29 is 22.9 Å². The number of fused-ring (bicyclic) bond motifs is 1. The predicted molar refractivity (Wildman–Crippen MR) is 129 cm³/mol. The molecule has 0 saturated carbocycles. The first-order chi connectivity index (χ1) is 16.5. The number of hydrogen-bond acceptors (Lipinski definition) is 4. The van der Waals surface area contributed by atoms with Crippen LogP contribution in [-0.4, -0.2) is 36.2 Å². The summed E-state index contributed by atoms with van der Waals surface area (Å²) in [5.41, 5.74) is 2.86. The van der Waals surface area contributed by atoms with Crippen molar-refractivity contribution in [1.29, 1.82) is 0 Å². The Kier molecular flexibility index (Phi) is 7.18. The van der Waals surface area contributed by atoms with Gasteiger partial charge in [-0.05, 0) is 47.9 Å². The zero-order chi connectivity index (χ0) is 24.1. The van der Waals surface area contributed by atoms with E-state index in [1.165, 1.54) is 18.2 Å². The minimum absolute atomic E-state index is 0.0271. The van der Waals surface area contributed by atoms with Crippen LogP contribution in [0.5, 0.6) is 5.75 Å². The van der Waals surface area contributed by atoms with E-state index in [4.69, 9.17) is 4.74 Å². The summed E-state index contributed by atoms with van der Waals surface area (Å²) in [6, 6.07) is 19.2. The van der Waals surface area contributed by atoms with E-state index in [1.807, 2.05) is 36.4 Å². The molecule has 2 amide bonds. The van der Waals surface area contributed by atoms with E-state index in [2.05, 4.69) is 10.6 Å². The van der Waals surface area contributed by atoms with Gasteiger partial charge in [0.1, 0.15) is 16.5 Å². The number of carbonyl (C=O) groups excluding carboxylic acids is 2. The highest BCUT2D eigenvalue weighted by Crippen LogP contribution is 2.31. The lowest BCUT2D eigenvalue weighted by Crippen LogP contribution is -2.31. The number of ether oxygens (including phenoxy) is 1. The van der Waals surface area contributed by atoms with Crippen LogP contribution in [0.3, 0.4) is 0 Å². The number of carbonyl (C=O) groups is 2. The molecule has 1 atom stereocenters. The van der Waals surface area contributed by atoms with Crippen LogP contribution in [0, 0.1) is 5.82 Å². The molecule has 0 aromatic heterocycles. The molecule has 3 aromatic carbocycles. The van der Waals surface area contributed by atoms with E-state index in [9.17, 15) is 18.2 Å². The zero-order valence-corrected chi connectivity index (χ0v) is 19.3. The summed E-state index contributed by atoms with van der Waals surface area (Å²) in [4.78, 5) is 24.8. The van der Waals surface area contributed by atoms with Gasteiger partial charge in [-0.2, -0.15) is 0 Å². The normalized spacial score (nSPS) is 14.2. The molecule has 0 spiro atoms. The number of rotatable bonds is 8. The number of halogens is 1. The molecule has 3 aromatic rings. The van der Waals surface area contributed by atoms with Crippen LogP contribution in [0.15, 0.2) is 76.5 Å². The molecule has 4 rings (SSSR count). The Morgan fingerprint density at radius 1 is 0.912 bits per heavy atom. The highest BCUT2D eigenvalue weighted by molar-refractivity contribution is 7.90. The molecular weight excluding hydrogens is 455 g/mol. The van der Waals surface area contributed by atoms with Gasteiger partial charge in [0.05, 0.1) is 22.8 Å². The maximum atomic E-state index is 13.9. The molecule has 0 bridgehead atoms. The Hall–Kier alpha value is -3.78. The molecule has 1 heterocycles. The molecule has 0 saturated heterocycles. The van der Waals surface area contributed by atoms with Crippen LogP contribution in [0.25, 0.3) is 17.2 Å². The van der Waals surface area contributed by atoms with E-state index in [-0.39, 0.29) is 22.3 Å². The molecule has 0 fully saturated rings. The molecule has 1 aliphatic rings. The van der Waals surface area contributed by atoms with Crippen LogP contribution in [0.4, 0.5) is 4.39 Å². The van der Waals surface area contributed by atoms with Gasteiger partial charge in [0, 0.05) is 24.2 Å². The third-order valence-corrected chi connectivity index (χ3v) is 6.89. The third-order valence-electron chi connectivity index (χ3n) is 5.38. The van der Waals surface area contributed by atoms with Gasteiger partial charge in [-0.15, -0.1) is 0 Å². The second-order valence-electron chi connectivity index (χ2n) is 7.58. The first-order valence-electron chi connectivity index (χ1n) is 10.7. The van der Waals surface area contributed by atoms with Crippen molar-refractivity contribution in [3.8, 4) is 16.9 Å². The summed E-state index contributed by atoms with van der Waals surface area (Å²) < 4.78 is 31.7. The van der Waals surface area contributed by atoms with Crippen molar-refractivity contribution in [2.75, 3.05) is 20.2 Å². The van der Waals surface area contributed by atoms with Crippen molar-refractivity contribution in [3.05, 3.63) is 88.6 Å². The maximum absolute atomic E-state index is 13.9. The SMILES string of the molecule is COc1ccccc1-c1ccc(C(=O)NCCCNC(=O)C2=Cc3cccc(F)c3S2=O)cc1. The molecule has 8 heteroatoms. The van der Waals surface area contributed by atoms with Gasteiger partial charge in [-0.25, -0.2) is 8.60 Å². The predicted octanol–water partition coefficient (Wildman–Crippen LogP) is 3.90. The van der Waals surface area contributed by atoms with Gasteiger partial charge in [-0.1, -0.05) is 42.5 Å². The zero-order valence-electron chi connectivity index (χ0n) is 18.5. The van der Waals surface area contributed by atoms with Gasteiger partial charge in [0.15, 0.2) is 0 Å². The summed E-state index contributed by atoms with van der Waals surface area (Å²) in [6.07, 6.45) is 1.93. The standard InChI is InChI=1S/C26H23FN2O4S/c1-33-22-9-3-2-7-20(22)17-10-12-18(13-11-17)25(30)28-14-5-15-29-26(31)23-16-19-6-4-8-21(27)24(19)34(23)32/h2-4,6-13,16H,5,14-15H2,1H3,(H,28,30)(H,29,31). The van der Waals surface area contributed by atoms with Crippen molar-refractivity contribution in [3.63, 3.8) is 0 Å². The monoisotopic (exact) mass is 478 g/mol. The lowest BCUT2D eigenvalue weighted by molar-refractivity contribution is -0.116. The minimum Gasteiger partial charge on any atom is -0.496 e. The summed E-state index contributed by atoms with van der Waals surface area (Å²) in [6.45, 7) is 0.629. The van der Waals surface area contributed by atoms with Crippen LogP contribution in [0.2, 0.25) is 0 Å². The van der Waals surface area contributed by atoms with Crippen molar-refractivity contribution in [2.24, 2.45) is 0 Å². The van der Waals surface area contributed by atoms with Gasteiger partial charge in [0.2, 0.25) is 0 Å². The lowest BCUT2D eigenvalue weighted by atomic mass is 10.0. The molecule has 0 radical (unpaired) electrons. The molecule has 1 unspecified atom stereocenters. The van der Waals surface area contributed by atoms with E-state index in [0.717, 1.165) is 16.9 Å². The largest absolute Gasteiger partial charge is 0.496 e. The van der Waals surface area contributed by atoms with E-state index >= 15 is 0 Å². The van der Waals surface area contributed by atoms with Gasteiger partial charge >= 0.3 is 0 Å². The molecule has 2 N–H and O–H groups in total. The smallest absolute Gasteiger partial charge is 0.260 e. The Bertz CT molecular complexity index is 1290. The molecular formula is C26H23FN2O4S. The van der Waals surface area contributed by atoms with Crippen molar-refractivity contribution in [2.45, 2.75) is 11.3 Å². The second kappa shape index (κ2) is 10.4. The average molecular weight is 479 g/mol. The Balaban J connectivity index is 1.24. The first kappa shape index (κ1) is 23.4. The van der Waals surface area contributed by atoms with E-state index in [1.54, 1.807) is 25.3 Å². The van der Waals surface area contributed by atoms with Crippen molar-refractivity contribution in [1.82, 2.24) is 10.6 Å². The quantitative estimate of drug-likeness (QED) is 0.481. The number of amides is 2. The van der Waals surface area contributed by atoms with Crippen LogP contribution in [0.1, 0.15) is 22.3 Å². The van der Waals surface area contributed by atoms with Crippen LogP contribution < -0.4 is 15.4 Å². The molecule has 174 valence electrons. The fraction of sp³-hybridized carbons (Fsp3) is 0.154. The first-order valence-corrected chi connectivity index (χ1v) is 11.9. The molecule has 34 heavy (non-hydrogen) atoms. The highest BCUT2D eigenvalue weighted by atomic mass is 32.2. The lowest BCUT2D eigenvalue weighted by Gasteiger charge is -2.10. The summed E-state index contributed by atoms with van der Waals surface area (Å²) >= 11 is 0. The fourth-order valence-corrected chi connectivity index (χ4v) is 4.94. The van der Waals surface area contributed by atoms with Crippen LogP contribution in [-0.2, 0) is 15.6 Å². The molecule has 1 aliphatic heterocycles. The Labute approximate surface area is 199 Å². The molecule has 6 nitrogen and oxygen atoms in total. The summed E-state index contributed by atoms with van der Waals surface area (Å²) in [5, 5.41) is 5.49. The fourth-order valence-electron chi connectivity index (χ4n) is 3.65. The second-order valence-corrected chi connectivity index (χ2v) is 8.96. The number of nitrogens with one attached hydrogen (secondary N) is 2. The van der Waals surface area contributed by atoms with Gasteiger partial charge < -0.3 is 15.4 Å². The maximum Gasteiger partial charge on any atom is 0.260 e. The topological polar surface area (TPSA) is 84.5 Å². The summed E-state index contributed by atoms with van der Waals surface area (Å²) in [7, 11) is -0.221. The average Bonchev–Trinajstić information content (AvgIpc) is 3.21.